The predicted octanol–water partition coefficient (Wildman–Crippen LogP) is 4.82. The van der Waals surface area contributed by atoms with Crippen LogP contribution < -0.4 is 5.56 Å². The van der Waals surface area contributed by atoms with Gasteiger partial charge in [-0.2, -0.15) is 0 Å². The highest BCUT2D eigenvalue weighted by Gasteiger charge is 2.21. The van der Waals surface area contributed by atoms with E-state index in [1.807, 2.05) is 6.07 Å². The summed E-state index contributed by atoms with van der Waals surface area (Å²) in [6.07, 6.45) is 0. The van der Waals surface area contributed by atoms with E-state index in [1.54, 1.807) is 55.0 Å². The molecule has 0 radical (unpaired) electrons. The van der Waals surface area contributed by atoms with Crippen molar-refractivity contribution in [1.82, 2.24) is 9.55 Å². The van der Waals surface area contributed by atoms with E-state index in [9.17, 15) is 9.59 Å². The quantitative estimate of drug-likeness (QED) is 0.275. The highest BCUT2D eigenvalue weighted by molar-refractivity contribution is 9.10. The molecular weight excluding hydrogens is 464 g/mol. The Labute approximate surface area is 180 Å². The van der Waals surface area contributed by atoms with Crippen molar-refractivity contribution in [1.29, 1.82) is 0 Å². The summed E-state index contributed by atoms with van der Waals surface area (Å²) in [6, 6.07) is 12.2. The van der Waals surface area contributed by atoms with Gasteiger partial charge >= 0.3 is 0 Å². The second-order valence-electron chi connectivity index (χ2n) is 6.14. The number of rotatable bonds is 7. The van der Waals surface area contributed by atoms with Crippen molar-refractivity contribution >= 4 is 56.0 Å². The molecule has 0 amide bonds. The molecule has 8 heteroatoms. The molecule has 0 bridgehead atoms. The third-order valence-corrected chi connectivity index (χ3v) is 5.98. The summed E-state index contributed by atoms with van der Waals surface area (Å²) in [5.41, 5.74) is 0.961. The van der Waals surface area contributed by atoms with Crippen molar-refractivity contribution in [2.45, 2.75) is 23.9 Å². The van der Waals surface area contributed by atoms with E-state index in [-0.39, 0.29) is 11.3 Å². The molecule has 1 atom stereocenters. The van der Waals surface area contributed by atoms with E-state index in [1.165, 1.54) is 11.8 Å². The van der Waals surface area contributed by atoms with Crippen LogP contribution in [0.15, 0.2) is 56.9 Å². The zero-order chi connectivity index (χ0) is 20.3. The number of ketones is 1. The lowest BCUT2D eigenvalue weighted by Crippen LogP contribution is -2.26. The zero-order valence-corrected chi connectivity index (χ0v) is 18.5. The molecule has 0 saturated heterocycles. The number of fused-ring (bicyclic) bond motifs is 1. The van der Waals surface area contributed by atoms with Gasteiger partial charge in [0.15, 0.2) is 10.9 Å². The van der Waals surface area contributed by atoms with E-state index >= 15 is 0 Å². The van der Waals surface area contributed by atoms with Gasteiger partial charge in [-0.3, -0.25) is 14.2 Å². The van der Waals surface area contributed by atoms with Crippen LogP contribution in [0.3, 0.4) is 0 Å². The number of ether oxygens (including phenoxy) is 1. The van der Waals surface area contributed by atoms with E-state index in [4.69, 9.17) is 16.3 Å². The van der Waals surface area contributed by atoms with Gasteiger partial charge in [-0.15, -0.1) is 0 Å². The highest BCUT2D eigenvalue weighted by Crippen LogP contribution is 2.26. The van der Waals surface area contributed by atoms with E-state index in [0.717, 1.165) is 4.47 Å². The van der Waals surface area contributed by atoms with Gasteiger partial charge in [-0.05, 0) is 37.3 Å². The first-order valence-corrected chi connectivity index (χ1v) is 10.6. The number of carbonyl (C=O) groups excluding carboxylic acids is 1. The van der Waals surface area contributed by atoms with Gasteiger partial charge in [0.25, 0.3) is 5.56 Å². The van der Waals surface area contributed by atoms with Crippen molar-refractivity contribution in [2.75, 3.05) is 13.7 Å². The molecule has 0 saturated carbocycles. The summed E-state index contributed by atoms with van der Waals surface area (Å²) in [5.74, 6) is -0.0732. The summed E-state index contributed by atoms with van der Waals surface area (Å²) in [6.45, 7) is 2.52. The van der Waals surface area contributed by atoms with Crippen LogP contribution >= 0.6 is 39.3 Å². The molecule has 0 aliphatic carbocycles. The number of methoxy groups -OCH3 is 1. The first-order chi connectivity index (χ1) is 13.4. The number of carbonyl (C=O) groups is 1. The second-order valence-corrected chi connectivity index (χ2v) is 8.80. The third kappa shape index (κ3) is 4.66. The topological polar surface area (TPSA) is 61.2 Å². The Morgan fingerprint density at radius 1 is 1.32 bits per heavy atom. The molecule has 28 heavy (non-hydrogen) atoms. The smallest absolute Gasteiger partial charge is 0.262 e. The molecule has 1 aromatic heterocycles. The Morgan fingerprint density at radius 2 is 2.11 bits per heavy atom. The molecule has 3 rings (SSSR count). The SMILES string of the molecule is COCCn1c(S[C@H](C)C(=O)c2cccc(Cl)c2)nc2ccc(Br)cc2c1=O. The van der Waals surface area contributed by atoms with Crippen LogP contribution in [-0.2, 0) is 11.3 Å². The van der Waals surface area contributed by atoms with E-state index in [2.05, 4.69) is 20.9 Å². The maximum Gasteiger partial charge on any atom is 0.262 e. The van der Waals surface area contributed by atoms with Gasteiger partial charge in [0, 0.05) is 22.2 Å². The first kappa shape index (κ1) is 21.0. The predicted molar refractivity (Wildman–Crippen MR) is 117 cm³/mol. The highest BCUT2D eigenvalue weighted by atomic mass is 79.9. The Bertz CT molecular complexity index is 1090. The fourth-order valence-electron chi connectivity index (χ4n) is 2.73. The summed E-state index contributed by atoms with van der Waals surface area (Å²) >= 11 is 10.6. The van der Waals surface area contributed by atoms with Crippen LogP contribution in [0.25, 0.3) is 10.9 Å². The minimum absolute atomic E-state index is 0.0732. The zero-order valence-electron chi connectivity index (χ0n) is 15.3. The molecule has 2 aromatic carbocycles. The fourth-order valence-corrected chi connectivity index (χ4v) is 4.29. The van der Waals surface area contributed by atoms with Gasteiger partial charge in [0.2, 0.25) is 0 Å². The van der Waals surface area contributed by atoms with Crippen molar-refractivity contribution in [3.63, 3.8) is 0 Å². The lowest BCUT2D eigenvalue weighted by molar-refractivity contribution is 0.0994. The molecule has 3 aromatic rings. The Hall–Kier alpha value is -1.67. The molecule has 0 aliphatic heterocycles. The summed E-state index contributed by atoms with van der Waals surface area (Å²) < 4.78 is 7.51. The molecule has 0 N–H and O–H groups in total. The van der Waals surface area contributed by atoms with Crippen LogP contribution in [0.5, 0.6) is 0 Å². The number of Topliss-reactive ketones (excluding diaryl/α,β-unsaturated/α-hetero) is 1. The maximum absolute atomic E-state index is 13.0. The Kier molecular flexibility index (Phi) is 6.93. The molecule has 1 heterocycles. The minimum atomic E-state index is -0.438. The van der Waals surface area contributed by atoms with Crippen LogP contribution in [0.2, 0.25) is 5.02 Å². The maximum atomic E-state index is 13.0. The monoisotopic (exact) mass is 480 g/mol. The van der Waals surface area contributed by atoms with Crippen molar-refractivity contribution < 1.29 is 9.53 Å². The number of benzene rings is 2. The average molecular weight is 482 g/mol. The Balaban J connectivity index is 1.99. The number of hydrogen-bond donors (Lipinski definition) is 0. The standard InChI is InChI=1S/C20H18BrClN2O3S/c1-12(18(25)13-4-3-5-15(22)10-13)28-20-23-17-7-6-14(21)11-16(17)19(26)24(20)8-9-27-2/h3-7,10-12H,8-9H2,1-2H3/t12-/m1/s1. The van der Waals surface area contributed by atoms with E-state index < -0.39 is 5.25 Å². The molecule has 0 aliphatic rings. The summed E-state index contributed by atoms with van der Waals surface area (Å²) in [7, 11) is 1.58. The Morgan fingerprint density at radius 3 is 2.82 bits per heavy atom. The fraction of sp³-hybridized carbons (Fsp3) is 0.250. The van der Waals surface area contributed by atoms with Gasteiger partial charge in [0.05, 0.1) is 29.3 Å². The number of thioether (sulfide) groups is 1. The number of hydrogen-bond acceptors (Lipinski definition) is 5. The van der Waals surface area contributed by atoms with Gasteiger partial charge in [0.1, 0.15) is 0 Å². The molecule has 5 nitrogen and oxygen atoms in total. The van der Waals surface area contributed by atoms with Crippen LogP contribution in [0, 0.1) is 0 Å². The molecule has 0 unspecified atom stereocenters. The lowest BCUT2D eigenvalue weighted by atomic mass is 10.1. The third-order valence-electron chi connectivity index (χ3n) is 4.16. The summed E-state index contributed by atoms with van der Waals surface area (Å²) in [5, 5.41) is 1.07. The van der Waals surface area contributed by atoms with E-state index in [0.29, 0.717) is 39.8 Å². The molecule has 146 valence electrons. The molecular formula is C20H18BrClN2O3S. The molecule has 0 spiro atoms. The number of nitrogens with zero attached hydrogens (tertiary/aromatic N) is 2. The largest absolute Gasteiger partial charge is 0.383 e. The van der Waals surface area contributed by atoms with Gasteiger partial charge in [-0.1, -0.05) is 51.4 Å². The van der Waals surface area contributed by atoms with Gasteiger partial charge in [-0.25, -0.2) is 4.98 Å². The van der Waals surface area contributed by atoms with Crippen molar-refractivity contribution in [3.05, 3.63) is 67.9 Å². The van der Waals surface area contributed by atoms with Crippen molar-refractivity contribution in [2.24, 2.45) is 0 Å². The summed E-state index contributed by atoms with van der Waals surface area (Å²) in [4.78, 5) is 30.4. The number of halogens is 2. The first-order valence-electron chi connectivity index (χ1n) is 8.56. The van der Waals surface area contributed by atoms with Crippen molar-refractivity contribution in [3.8, 4) is 0 Å². The normalized spacial score (nSPS) is 12.3. The van der Waals surface area contributed by atoms with Crippen LogP contribution in [0.4, 0.5) is 0 Å². The lowest BCUT2D eigenvalue weighted by Gasteiger charge is -2.16. The number of aromatic nitrogens is 2. The average Bonchev–Trinajstić information content (AvgIpc) is 2.67. The minimum Gasteiger partial charge on any atom is -0.383 e. The van der Waals surface area contributed by atoms with Gasteiger partial charge < -0.3 is 4.74 Å². The van der Waals surface area contributed by atoms with Crippen LogP contribution in [0.1, 0.15) is 17.3 Å². The molecule has 0 fully saturated rings. The second kappa shape index (κ2) is 9.22. The van der Waals surface area contributed by atoms with Crippen LogP contribution in [-0.4, -0.2) is 34.3 Å².